The Bertz CT molecular complexity index is 684. The maximum absolute atomic E-state index is 13.1. The summed E-state index contributed by atoms with van der Waals surface area (Å²) < 4.78 is 13.1. The smallest absolute Gasteiger partial charge is 0.251 e. The van der Waals surface area contributed by atoms with Crippen LogP contribution in [0, 0.1) is 5.82 Å². The van der Waals surface area contributed by atoms with Gasteiger partial charge < -0.3 is 5.32 Å². The molecule has 1 N–H and O–H groups in total. The van der Waals surface area contributed by atoms with Crippen LogP contribution in [0.4, 0.5) is 4.39 Å². The highest BCUT2D eigenvalue weighted by molar-refractivity contribution is 5.94. The Kier molecular flexibility index (Phi) is 6.14. The van der Waals surface area contributed by atoms with Crippen molar-refractivity contribution in [3.63, 3.8) is 0 Å². The van der Waals surface area contributed by atoms with Gasteiger partial charge in [0, 0.05) is 51.4 Å². The number of carbonyl (C=O) groups is 1. The fraction of sp³-hybridized carbons (Fsp3) is 0.350. The van der Waals surface area contributed by atoms with Crippen molar-refractivity contribution in [3.8, 4) is 0 Å². The van der Waals surface area contributed by atoms with Gasteiger partial charge >= 0.3 is 0 Å². The number of hydrogen-bond acceptors (Lipinski definition) is 3. The Hall–Kier alpha value is -2.24. The van der Waals surface area contributed by atoms with Crippen molar-refractivity contribution in [2.75, 3.05) is 39.3 Å². The normalized spacial score (nSPS) is 15.9. The van der Waals surface area contributed by atoms with E-state index in [4.69, 9.17) is 0 Å². The van der Waals surface area contributed by atoms with Gasteiger partial charge in [0.1, 0.15) is 5.82 Å². The summed E-state index contributed by atoms with van der Waals surface area (Å²) in [6, 6.07) is 16.3. The van der Waals surface area contributed by atoms with Gasteiger partial charge in [-0.05, 0) is 23.8 Å². The quantitative estimate of drug-likeness (QED) is 0.876. The third-order valence-corrected chi connectivity index (χ3v) is 4.51. The molecule has 0 aromatic heterocycles. The lowest BCUT2D eigenvalue weighted by Crippen LogP contribution is -2.48. The maximum Gasteiger partial charge on any atom is 0.251 e. The molecule has 1 amide bonds. The van der Waals surface area contributed by atoms with E-state index in [0.717, 1.165) is 39.3 Å². The number of halogens is 1. The highest BCUT2D eigenvalue weighted by Crippen LogP contribution is 2.08. The minimum Gasteiger partial charge on any atom is -0.351 e. The standard InChI is InChI=1S/C20H24FN3O/c21-19-8-4-7-18(15-19)20(25)22-9-10-23-11-13-24(14-12-23)16-17-5-2-1-3-6-17/h1-8,15H,9-14,16H2,(H,22,25). The van der Waals surface area contributed by atoms with Gasteiger partial charge in [-0.25, -0.2) is 4.39 Å². The van der Waals surface area contributed by atoms with Gasteiger partial charge in [0.2, 0.25) is 0 Å². The number of nitrogens with zero attached hydrogens (tertiary/aromatic N) is 2. The van der Waals surface area contributed by atoms with Gasteiger partial charge in [-0.1, -0.05) is 36.4 Å². The molecule has 0 bridgehead atoms. The number of rotatable bonds is 6. The molecule has 1 fully saturated rings. The summed E-state index contributed by atoms with van der Waals surface area (Å²) in [7, 11) is 0. The van der Waals surface area contributed by atoms with E-state index < -0.39 is 0 Å². The highest BCUT2D eigenvalue weighted by atomic mass is 19.1. The second kappa shape index (κ2) is 8.74. The summed E-state index contributed by atoms with van der Waals surface area (Å²) >= 11 is 0. The predicted molar refractivity (Wildman–Crippen MR) is 96.9 cm³/mol. The van der Waals surface area contributed by atoms with Gasteiger partial charge in [0.25, 0.3) is 5.91 Å². The van der Waals surface area contributed by atoms with Gasteiger partial charge in [0.15, 0.2) is 0 Å². The molecule has 1 aliphatic heterocycles. The first-order chi connectivity index (χ1) is 12.2. The fourth-order valence-electron chi connectivity index (χ4n) is 3.07. The van der Waals surface area contributed by atoms with Crippen molar-refractivity contribution in [2.45, 2.75) is 6.54 Å². The van der Waals surface area contributed by atoms with Crippen LogP contribution in [0.15, 0.2) is 54.6 Å². The first-order valence-electron chi connectivity index (χ1n) is 8.73. The Labute approximate surface area is 148 Å². The molecule has 0 unspecified atom stereocenters. The average Bonchev–Trinajstić information content (AvgIpc) is 2.64. The van der Waals surface area contributed by atoms with E-state index in [0.29, 0.717) is 12.1 Å². The van der Waals surface area contributed by atoms with E-state index in [1.165, 1.54) is 17.7 Å². The zero-order chi connectivity index (χ0) is 17.5. The first-order valence-corrected chi connectivity index (χ1v) is 8.73. The Morgan fingerprint density at radius 1 is 0.960 bits per heavy atom. The molecule has 0 atom stereocenters. The number of piperazine rings is 1. The van der Waals surface area contributed by atoms with Crippen molar-refractivity contribution in [1.82, 2.24) is 15.1 Å². The number of carbonyl (C=O) groups excluding carboxylic acids is 1. The van der Waals surface area contributed by atoms with Crippen LogP contribution in [0.5, 0.6) is 0 Å². The van der Waals surface area contributed by atoms with Crippen molar-refractivity contribution in [2.24, 2.45) is 0 Å². The molecule has 25 heavy (non-hydrogen) atoms. The molecule has 2 aromatic rings. The van der Waals surface area contributed by atoms with E-state index >= 15 is 0 Å². The van der Waals surface area contributed by atoms with Crippen LogP contribution in [0.25, 0.3) is 0 Å². The van der Waals surface area contributed by atoms with Crippen molar-refractivity contribution < 1.29 is 9.18 Å². The third-order valence-electron chi connectivity index (χ3n) is 4.51. The van der Waals surface area contributed by atoms with Crippen LogP contribution in [0.1, 0.15) is 15.9 Å². The number of hydrogen-bond donors (Lipinski definition) is 1. The minimum absolute atomic E-state index is 0.220. The summed E-state index contributed by atoms with van der Waals surface area (Å²) in [5.41, 5.74) is 1.71. The average molecular weight is 341 g/mol. The number of nitrogens with one attached hydrogen (secondary N) is 1. The molecule has 1 aliphatic rings. The second-order valence-corrected chi connectivity index (χ2v) is 6.37. The summed E-state index contributed by atoms with van der Waals surface area (Å²) in [4.78, 5) is 16.8. The molecule has 2 aromatic carbocycles. The first kappa shape index (κ1) is 17.6. The van der Waals surface area contributed by atoms with E-state index in [9.17, 15) is 9.18 Å². The third kappa shape index (κ3) is 5.37. The largest absolute Gasteiger partial charge is 0.351 e. The maximum atomic E-state index is 13.1. The summed E-state index contributed by atoms with van der Waals surface area (Å²) in [6.45, 7) is 6.46. The van der Waals surface area contributed by atoms with Crippen molar-refractivity contribution in [3.05, 3.63) is 71.5 Å². The molecule has 4 nitrogen and oxygen atoms in total. The summed E-state index contributed by atoms with van der Waals surface area (Å²) in [5.74, 6) is -0.607. The van der Waals surface area contributed by atoms with Crippen LogP contribution in [0.3, 0.4) is 0 Å². The van der Waals surface area contributed by atoms with Gasteiger partial charge in [-0.3, -0.25) is 14.6 Å². The van der Waals surface area contributed by atoms with Crippen LogP contribution in [-0.4, -0.2) is 55.0 Å². The highest BCUT2D eigenvalue weighted by Gasteiger charge is 2.16. The monoisotopic (exact) mass is 341 g/mol. The molecule has 0 radical (unpaired) electrons. The zero-order valence-electron chi connectivity index (χ0n) is 14.3. The van der Waals surface area contributed by atoms with Crippen LogP contribution >= 0.6 is 0 Å². The predicted octanol–water partition coefficient (Wildman–Crippen LogP) is 2.37. The Balaban J connectivity index is 1.36. The van der Waals surface area contributed by atoms with Crippen LogP contribution in [-0.2, 0) is 6.54 Å². The Morgan fingerprint density at radius 2 is 1.68 bits per heavy atom. The SMILES string of the molecule is O=C(NCCN1CCN(Cc2ccccc2)CC1)c1cccc(F)c1. The van der Waals surface area contributed by atoms with Crippen LogP contribution in [0.2, 0.25) is 0 Å². The summed E-state index contributed by atoms with van der Waals surface area (Å²) in [6.07, 6.45) is 0. The molecule has 1 heterocycles. The topological polar surface area (TPSA) is 35.6 Å². The van der Waals surface area contributed by atoms with Crippen molar-refractivity contribution in [1.29, 1.82) is 0 Å². The molecule has 3 rings (SSSR count). The van der Waals surface area contributed by atoms with E-state index in [1.807, 2.05) is 6.07 Å². The molecule has 132 valence electrons. The fourth-order valence-corrected chi connectivity index (χ4v) is 3.07. The minimum atomic E-state index is -0.387. The Morgan fingerprint density at radius 3 is 2.40 bits per heavy atom. The molecule has 0 aliphatic carbocycles. The lowest BCUT2D eigenvalue weighted by atomic mass is 10.2. The molecule has 5 heteroatoms. The zero-order valence-corrected chi connectivity index (χ0v) is 14.3. The second-order valence-electron chi connectivity index (χ2n) is 6.37. The molecular weight excluding hydrogens is 317 g/mol. The van der Waals surface area contributed by atoms with E-state index in [1.54, 1.807) is 12.1 Å². The van der Waals surface area contributed by atoms with E-state index in [-0.39, 0.29) is 11.7 Å². The summed E-state index contributed by atoms with van der Waals surface area (Å²) in [5, 5.41) is 2.86. The molecule has 0 saturated carbocycles. The van der Waals surface area contributed by atoms with E-state index in [2.05, 4.69) is 39.4 Å². The van der Waals surface area contributed by atoms with Crippen molar-refractivity contribution >= 4 is 5.91 Å². The molecule has 1 saturated heterocycles. The molecule has 0 spiro atoms. The lowest BCUT2D eigenvalue weighted by Gasteiger charge is -2.34. The number of benzene rings is 2. The van der Waals surface area contributed by atoms with Gasteiger partial charge in [0.05, 0.1) is 0 Å². The van der Waals surface area contributed by atoms with Gasteiger partial charge in [-0.2, -0.15) is 0 Å². The lowest BCUT2D eigenvalue weighted by molar-refractivity contribution is 0.0933. The van der Waals surface area contributed by atoms with Gasteiger partial charge in [-0.15, -0.1) is 0 Å². The molecular formula is C20H24FN3O. The number of amides is 1. The van der Waals surface area contributed by atoms with Crippen LogP contribution < -0.4 is 5.32 Å².